The van der Waals surface area contributed by atoms with Crippen LogP contribution in [-0.4, -0.2) is 45.1 Å². The molecule has 3 heterocycles. The molecule has 1 saturated carbocycles. The summed E-state index contributed by atoms with van der Waals surface area (Å²) >= 11 is 0. The van der Waals surface area contributed by atoms with Gasteiger partial charge in [0, 0.05) is 23.9 Å². The molecule has 1 aliphatic heterocycles. The van der Waals surface area contributed by atoms with Crippen LogP contribution in [-0.2, 0) is 0 Å². The van der Waals surface area contributed by atoms with Crippen molar-refractivity contribution in [2.45, 2.75) is 38.2 Å². The first kappa shape index (κ1) is 22.1. The van der Waals surface area contributed by atoms with Crippen molar-refractivity contribution in [1.29, 1.82) is 10.7 Å². The van der Waals surface area contributed by atoms with Gasteiger partial charge in [-0.05, 0) is 48.6 Å². The summed E-state index contributed by atoms with van der Waals surface area (Å²) in [6.45, 7) is 2.18. The Bertz CT molecular complexity index is 1480. The van der Waals surface area contributed by atoms with Crippen LogP contribution in [0.15, 0.2) is 18.2 Å². The highest BCUT2D eigenvalue weighted by Crippen LogP contribution is 2.39. The molecule has 2 fully saturated rings. The smallest absolute Gasteiger partial charge is 0.283 e. The van der Waals surface area contributed by atoms with E-state index >= 15 is 0 Å². The number of alkyl halides is 2. The summed E-state index contributed by atoms with van der Waals surface area (Å²) in [6, 6.07) is 7.23. The van der Waals surface area contributed by atoms with Gasteiger partial charge in [0.25, 0.3) is 6.43 Å². The second-order valence-corrected chi connectivity index (χ2v) is 8.66. The van der Waals surface area contributed by atoms with Crippen molar-refractivity contribution in [3.05, 3.63) is 56.7 Å². The molecule has 2 N–H and O–H groups in total. The van der Waals surface area contributed by atoms with Crippen LogP contribution < -0.4 is 15.3 Å². The summed E-state index contributed by atoms with van der Waals surface area (Å²) in [7, 11) is 0. The fraction of sp³-hybridized carbons (Fsp3) is 0.333. The number of aliphatic hydroxyl groups excluding tert-OH is 1. The SMILES string of the molecule is Cc1nc2c(C#N)c(C(F)F)nn2c(N2CC(O)C2)c1/C=c1\ccc(C2CC2)c\c1=C(/F)C=N. The molecule has 0 spiro atoms. The Hall–Kier alpha value is -3.71. The standard InChI is InChI=1S/C24H21F3N6O/c1-12-17(7-15-5-4-14(13-2-3-13)6-18(15)20(25)9-29)24(32-10-16(34)11-32)33-23(30-12)19(8-28)21(31-33)22(26)27/h4-7,9,13,16,22,29,34H,2-3,10-11H2,1H3/b15-7+,20-18+,29-9?. The lowest BCUT2D eigenvalue weighted by atomic mass is 10.0. The van der Waals surface area contributed by atoms with Crippen molar-refractivity contribution in [2.24, 2.45) is 0 Å². The number of hydrogen-bond donors (Lipinski definition) is 2. The second-order valence-electron chi connectivity index (χ2n) is 8.66. The number of β-amino-alcohol motifs (C(OH)–C–C–N with tert-alkyl or cyclic N) is 1. The molecular formula is C24H21F3N6O. The molecule has 0 unspecified atom stereocenters. The molecule has 1 aliphatic carbocycles. The van der Waals surface area contributed by atoms with Crippen molar-refractivity contribution >= 4 is 29.6 Å². The van der Waals surface area contributed by atoms with Gasteiger partial charge in [-0.25, -0.2) is 18.2 Å². The number of aryl methyl sites for hydroxylation is 1. The molecule has 0 atom stereocenters. The van der Waals surface area contributed by atoms with Crippen LogP contribution >= 0.6 is 0 Å². The number of halogens is 3. The Labute approximate surface area is 192 Å². The Balaban J connectivity index is 1.82. The lowest BCUT2D eigenvalue weighted by Gasteiger charge is -2.38. The zero-order valence-corrected chi connectivity index (χ0v) is 18.3. The first-order valence-corrected chi connectivity index (χ1v) is 10.9. The van der Waals surface area contributed by atoms with Gasteiger partial charge in [0.2, 0.25) is 0 Å². The van der Waals surface area contributed by atoms with Crippen molar-refractivity contribution in [2.75, 3.05) is 18.0 Å². The minimum absolute atomic E-state index is 0.00498. The summed E-state index contributed by atoms with van der Waals surface area (Å²) in [5.41, 5.74) is 0.994. The van der Waals surface area contributed by atoms with Gasteiger partial charge in [-0.2, -0.15) is 14.9 Å². The van der Waals surface area contributed by atoms with Gasteiger partial charge in [-0.3, -0.25) is 0 Å². The first-order valence-electron chi connectivity index (χ1n) is 10.9. The zero-order valence-electron chi connectivity index (χ0n) is 18.3. The number of nitrogens with zero attached hydrogens (tertiary/aromatic N) is 5. The molecular weight excluding hydrogens is 445 g/mol. The zero-order chi connectivity index (χ0) is 24.1. The van der Waals surface area contributed by atoms with Gasteiger partial charge in [0.15, 0.2) is 5.65 Å². The van der Waals surface area contributed by atoms with Crippen LogP contribution in [0.2, 0.25) is 0 Å². The van der Waals surface area contributed by atoms with Gasteiger partial charge >= 0.3 is 0 Å². The number of aromatic nitrogens is 3. The highest BCUT2D eigenvalue weighted by atomic mass is 19.3. The number of nitrogens with one attached hydrogen (secondary N) is 1. The second kappa shape index (κ2) is 8.25. The Morgan fingerprint density at radius 1 is 1.32 bits per heavy atom. The molecule has 1 aromatic carbocycles. The van der Waals surface area contributed by atoms with E-state index in [1.165, 1.54) is 4.52 Å². The van der Waals surface area contributed by atoms with Gasteiger partial charge in [0.05, 0.1) is 18.0 Å². The predicted octanol–water partition coefficient (Wildman–Crippen LogP) is 2.46. The molecule has 1 saturated heterocycles. The lowest BCUT2D eigenvalue weighted by Crippen LogP contribution is -2.52. The van der Waals surface area contributed by atoms with Crippen molar-refractivity contribution in [1.82, 2.24) is 14.6 Å². The maximum atomic E-state index is 14.7. The van der Waals surface area contributed by atoms with Crippen molar-refractivity contribution in [3.63, 3.8) is 0 Å². The Morgan fingerprint density at radius 2 is 2.06 bits per heavy atom. The van der Waals surface area contributed by atoms with Crippen LogP contribution in [0, 0.1) is 23.7 Å². The van der Waals surface area contributed by atoms with E-state index in [9.17, 15) is 23.5 Å². The van der Waals surface area contributed by atoms with Gasteiger partial charge in [-0.15, -0.1) is 0 Å². The molecule has 0 amide bonds. The predicted molar refractivity (Wildman–Crippen MR) is 120 cm³/mol. The monoisotopic (exact) mass is 466 g/mol. The van der Waals surface area contributed by atoms with E-state index in [0.29, 0.717) is 34.4 Å². The number of benzene rings is 1. The van der Waals surface area contributed by atoms with Crippen LogP contribution in [0.3, 0.4) is 0 Å². The van der Waals surface area contributed by atoms with Gasteiger partial charge in [0.1, 0.15) is 29.0 Å². The number of hydrogen-bond acceptors (Lipinski definition) is 6. The Kier molecular flexibility index (Phi) is 5.37. The topological polar surface area (TPSA) is 101 Å². The number of nitriles is 1. The Morgan fingerprint density at radius 3 is 2.65 bits per heavy atom. The van der Waals surface area contributed by atoms with E-state index in [2.05, 4.69) is 10.1 Å². The minimum Gasteiger partial charge on any atom is -0.389 e. The molecule has 10 heteroatoms. The summed E-state index contributed by atoms with van der Waals surface area (Å²) in [6.07, 6.45) is 0.885. The molecule has 0 bridgehead atoms. The largest absolute Gasteiger partial charge is 0.389 e. The molecule has 2 aromatic heterocycles. The summed E-state index contributed by atoms with van der Waals surface area (Å²) in [4.78, 5) is 6.16. The van der Waals surface area contributed by atoms with E-state index < -0.39 is 24.1 Å². The van der Waals surface area contributed by atoms with Crippen LogP contribution in [0.5, 0.6) is 0 Å². The maximum absolute atomic E-state index is 14.7. The molecule has 34 heavy (non-hydrogen) atoms. The molecule has 5 rings (SSSR count). The average Bonchev–Trinajstić information content (AvgIpc) is 3.58. The third kappa shape index (κ3) is 3.62. The van der Waals surface area contributed by atoms with E-state index in [1.807, 2.05) is 6.07 Å². The summed E-state index contributed by atoms with van der Waals surface area (Å²) < 4.78 is 43.1. The van der Waals surface area contributed by atoms with E-state index in [1.54, 1.807) is 36.1 Å². The fourth-order valence-corrected chi connectivity index (χ4v) is 4.34. The minimum atomic E-state index is -2.96. The molecule has 3 aromatic rings. The molecule has 2 aliphatic rings. The average molecular weight is 466 g/mol. The summed E-state index contributed by atoms with van der Waals surface area (Å²) in [5, 5.41) is 31.5. The van der Waals surface area contributed by atoms with Crippen LogP contribution in [0.4, 0.5) is 19.0 Å². The quantitative estimate of drug-likeness (QED) is 0.563. The highest BCUT2D eigenvalue weighted by Gasteiger charge is 2.32. The van der Waals surface area contributed by atoms with E-state index in [-0.39, 0.29) is 29.5 Å². The van der Waals surface area contributed by atoms with E-state index in [0.717, 1.165) is 18.4 Å². The fourth-order valence-electron chi connectivity index (χ4n) is 4.34. The summed E-state index contributed by atoms with van der Waals surface area (Å²) in [5.74, 6) is 0.0985. The number of rotatable bonds is 5. The lowest BCUT2D eigenvalue weighted by molar-refractivity contribution is 0.139. The molecule has 174 valence electrons. The van der Waals surface area contributed by atoms with Gasteiger partial charge in [-0.1, -0.05) is 12.1 Å². The molecule has 0 radical (unpaired) electrons. The molecule has 7 nitrogen and oxygen atoms in total. The maximum Gasteiger partial charge on any atom is 0.283 e. The van der Waals surface area contributed by atoms with Crippen LogP contribution in [0.25, 0.3) is 17.6 Å². The first-order chi connectivity index (χ1) is 16.3. The number of anilines is 1. The van der Waals surface area contributed by atoms with Gasteiger partial charge < -0.3 is 15.4 Å². The van der Waals surface area contributed by atoms with Crippen LogP contribution in [0.1, 0.15) is 53.3 Å². The third-order valence-corrected chi connectivity index (χ3v) is 6.28. The number of fused-ring (bicyclic) bond motifs is 1. The highest BCUT2D eigenvalue weighted by molar-refractivity contribution is 5.96. The third-order valence-electron chi connectivity index (χ3n) is 6.28. The van der Waals surface area contributed by atoms with Crippen molar-refractivity contribution < 1.29 is 18.3 Å². The number of aliphatic hydroxyl groups is 1. The normalized spacial score (nSPS) is 17.8. The van der Waals surface area contributed by atoms with E-state index in [4.69, 9.17) is 5.41 Å². The van der Waals surface area contributed by atoms with Crippen molar-refractivity contribution in [3.8, 4) is 6.07 Å².